The molecule has 82 valence electrons. The van der Waals surface area contributed by atoms with E-state index in [4.69, 9.17) is 0 Å². The molecule has 0 radical (unpaired) electrons. The highest BCUT2D eigenvalue weighted by Gasteiger charge is 2.00. The molecule has 3 heteroatoms. The molecule has 0 aromatic heterocycles. The Morgan fingerprint density at radius 3 is 2.12 bits per heavy atom. The Morgan fingerprint density at radius 1 is 0.812 bits per heavy atom. The molecule has 0 heterocycles. The summed E-state index contributed by atoms with van der Waals surface area (Å²) in [5.74, 6) is 0. The van der Waals surface area contributed by atoms with Gasteiger partial charge in [-0.2, -0.15) is 0 Å². The molecule has 0 spiro atoms. The molecule has 0 fully saturated rings. The van der Waals surface area contributed by atoms with Gasteiger partial charge in [-0.1, -0.05) is 46.3 Å². The van der Waals surface area contributed by atoms with Gasteiger partial charge in [0.25, 0.3) is 0 Å². The fraction of sp³-hybridized carbons (Fsp3) is 0.0769. The Hall–Kier alpha value is -0.800. The summed E-state index contributed by atoms with van der Waals surface area (Å²) in [5, 5.41) is 3.39. The van der Waals surface area contributed by atoms with Crippen molar-refractivity contribution in [2.45, 2.75) is 6.54 Å². The SMILES string of the molecule is Brc1ccccc1CNc1ccccc1Br. The summed E-state index contributed by atoms with van der Waals surface area (Å²) in [6.07, 6.45) is 0. The summed E-state index contributed by atoms with van der Waals surface area (Å²) in [6.45, 7) is 0.810. The second-order valence-electron chi connectivity index (χ2n) is 3.42. The van der Waals surface area contributed by atoms with Gasteiger partial charge in [-0.25, -0.2) is 0 Å². The highest BCUT2D eigenvalue weighted by molar-refractivity contribution is 9.10. The quantitative estimate of drug-likeness (QED) is 0.844. The lowest BCUT2D eigenvalue weighted by Crippen LogP contribution is -2.00. The fourth-order valence-corrected chi connectivity index (χ4v) is 2.29. The first-order chi connectivity index (χ1) is 7.77. The van der Waals surface area contributed by atoms with E-state index < -0.39 is 0 Å². The van der Waals surface area contributed by atoms with Crippen molar-refractivity contribution in [1.29, 1.82) is 0 Å². The van der Waals surface area contributed by atoms with E-state index >= 15 is 0 Å². The Bertz CT molecular complexity index is 437. The van der Waals surface area contributed by atoms with E-state index in [1.807, 2.05) is 30.3 Å². The summed E-state index contributed by atoms with van der Waals surface area (Å²) >= 11 is 7.05. The fourth-order valence-electron chi connectivity index (χ4n) is 1.44. The lowest BCUT2D eigenvalue weighted by Gasteiger charge is -2.09. The number of rotatable bonds is 3. The van der Waals surface area contributed by atoms with E-state index in [1.165, 1.54) is 5.56 Å². The van der Waals surface area contributed by atoms with Crippen molar-refractivity contribution < 1.29 is 0 Å². The predicted molar refractivity (Wildman–Crippen MR) is 75.6 cm³/mol. The van der Waals surface area contributed by atoms with Crippen LogP contribution in [0.15, 0.2) is 57.5 Å². The van der Waals surface area contributed by atoms with E-state index in [2.05, 4.69) is 55.4 Å². The molecule has 0 unspecified atom stereocenters. The molecule has 2 aromatic rings. The smallest absolute Gasteiger partial charge is 0.0487 e. The molecule has 0 aliphatic rings. The van der Waals surface area contributed by atoms with E-state index in [0.717, 1.165) is 21.2 Å². The van der Waals surface area contributed by atoms with Crippen LogP contribution in [0, 0.1) is 0 Å². The lowest BCUT2D eigenvalue weighted by atomic mass is 10.2. The van der Waals surface area contributed by atoms with Gasteiger partial charge in [0.05, 0.1) is 0 Å². The standard InChI is InChI=1S/C13H11Br2N/c14-11-6-2-1-5-10(11)9-16-13-8-4-3-7-12(13)15/h1-8,16H,9H2. The average Bonchev–Trinajstić information content (AvgIpc) is 2.30. The molecule has 1 N–H and O–H groups in total. The van der Waals surface area contributed by atoms with Crippen LogP contribution in [0.4, 0.5) is 5.69 Å². The minimum atomic E-state index is 0.810. The zero-order chi connectivity index (χ0) is 11.4. The van der Waals surface area contributed by atoms with E-state index in [-0.39, 0.29) is 0 Å². The molecule has 1 nitrogen and oxygen atoms in total. The zero-order valence-corrected chi connectivity index (χ0v) is 11.8. The highest BCUT2D eigenvalue weighted by Crippen LogP contribution is 2.23. The Labute approximate surface area is 112 Å². The van der Waals surface area contributed by atoms with Crippen LogP contribution in [0.5, 0.6) is 0 Å². The Kier molecular flexibility index (Phi) is 4.02. The molecule has 2 aromatic carbocycles. The van der Waals surface area contributed by atoms with Gasteiger partial charge in [0, 0.05) is 21.2 Å². The van der Waals surface area contributed by atoms with Gasteiger partial charge in [0.15, 0.2) is 0 Å². The second kappa shape index (κ2) is 5.51. The number of hydrogen-bond donors (Lipinski definition) is 1. The zero-order valence-electron chi connectivity index (χ0n) is 8.58. The van der Waals surface area contributed by atoms with Crippen molar-refractivity contribution in [3.05, 3.63) is 63.0 Å². The minimum Gasteiger partial charge on any atom is -0.380 e. The second-order valence-corrected chi connectivity index (χ2v) is 5.13. The molecular weight excluding hydrogens is 330 g/mol. The van der Waals surface area contributed by atoms with Crippen molar-refractivity contribution in [2.24, 2.45) is 0 Å². The van der Waals surface area contributed by atoms with Gasteiger partial charge in [-0.15, -0.1) is 0 Å². The maximum Gasteiger partial charge on any atom is 0.0487 e. The van der Waals surface area contributed by atoms with Crippen molar-refractivity contribution in [3.63, 3.8) is 0 Å². The Balaban J connectivity index is 2.09. The molecule has 2 rings (SSSR count). The van der Waals surface area contributed by atoms with Crippen molar-refractivity contribution >= 4 is 37.5 Å². The first-order valence-corrected chi connectivity index (χ1v) is 6.58. The van der Waals surface area contributed by atoms with Gasteiger partial charge in [0.2, 0.25) is 0 Å². The number of nitrogens with one attached hydrogen (secondary N) is 1. The number of para-hydroxylation sites is 1. The number of hydrogen-bond acceptors (Lipinski definition) is 1. The molecule has 0 saturated heterocycles. The van der Waals surface area contributed by atoms with Crippen LogP contribution in [0.3, 0.4) is 0 Å². The third-order valence-electron chi connectivity index (χ3n) is 2.30. The lowest BCUT2D eigenvalue weighted by molar-refractivity contribution is 1.13. The van der Waals surface area contributed by atoms with Crippen LogP contribution in [0.25, 0.3) is 0 Å². The van der Waals surface area contributed by atoms with Crippen molar-refractivity contribution in [1.82, 2.24) is 0 Å². The maximum atomic E-state index is 3.54. The topological polar surface area (TPSA) is 12.0 Å². The minimum absolute atomic E-state index is 0.810. The van der Waals surface area contributed by atoms with Crippen molar-refractivity contribution in [3.8, 4) is 0 Å². The van der Waals surface area contributed by atoms with Crippen LogP contribution < -0.4 is 5.32 Å². The van der Waals surface area contributed by atoms with E-state index in [0.29, 0.717) is 0 Å². The van der Waals surface area contributed by atoms with E-state index in [1.54, 1.807) is 0 Å². The maximum absolute atomic E-state index is 3.54. The first kappa shape index (κ1) is 11.7. The van der Waals surface area contributed by atoms with Gasteiger partial charge >= 0.3 is 0 Å². The van der Waals surface area contributed by atoms with Crippen LogP contribution in [-0.2, 0) is 6.54 Å². The highest BCUT2D eigenvalue weighted by atomic mass is 79.9. The van der Waals surface area contributed by atoms with Crippen LogP contribution in [0.2, 0.25) is 0 Å². The summed E-state index contributed by atoms with van der Waals surface area (Å²) in [4.78, 5) is 0. The van der Waals surface area contributed by atoms with Crippen LogP contribution in [-0.4, -0.2) is 0 Å². The molecule has 0 atom stereocenters. The predicted octanol–water partition coefficient (Wildman–Crippen LogP) is 4.82. The summed E-state index contributed by atoms with van der Waals surface area (Å²) in [7, 11) is 0. The third kappa shape index (κ3) is 2.86. The summed E-state index contributed by atoms with van der Waals surface area (Å²) in [6, 6.07) is 16.3. The number of benzene rings is 2. The molecule has 0 bridgehead atoms. The van der Waals surface area contributed by atoms with Gasteiger partial charge < -0.3 is 5.32 Å². The molecule has 0 aliphatic heterocycles. The van der Waals surface area contributed by atoms with Gasteiger partial charge in [0.1, 0.15) is 0 Å². The molecule has 0 aliphatic carbocycles. The monoisotopic (exact) mass is 339 g/mol. The summed E-state index contributed by atoms with van der Waals surface area (Å²) in [5.41, 5.74) is 2.36. The van der Waals surface area contributed by atoms with Crippen molar-refractivity contribution in [2.75, 3.05) is 5.32 Å². The van der Waals surface area contributed by atoms with Gasteiger partial charge in [-0.05, 0) is 39.7 Å². The normalized spacial score (nSPS) is 10.1. The van der Waals surface area contributed by atoms with Gasteiger partial charge in [-0.3, -0.25) is 0 Å². The molecule has 0 saturated carbocycles. The summed E-state index contributed by atoms with van der Waals surface area (Å²) < 4.78 is 2.22. The molecular formula is C13H11Br2N. The third-order valence-corrected chi connectivity index (χ3v) is 3.77. The molecule has 16 heavy (non-hydrogen) atoms. The Morgan fingerprint density at radius 2 is 1.44 bits per heavy atom. The van der Waals surface area contributed by atoms with Crippen LogP contribution in [0.1, 0.15) is 5.56 Å². The number of halogens is 2. The first-order valence-electron chi connectivity index (χ1n) is 4.99. The van der Waals surface area contributed by atoms with Crippen LogP contribution >= 0.6 is 31.9 Å². The average molecular weight is 341 g/mol. The molecule has 0 amide bonds. The van der Waals surface area contributed by atoms with E-state index in [9.17, 15) is 0 Å². The number of anilines is 1. The largest absolute Gasteiger partial charge is 0.380 e.